The van der Waals surface area contributed by atoms with Crippen LogP contribution >= 0.6 is 0 Å². The van der Waals surface area contributed by atoms with E-state index in [1.807, 2.05) is 44.2 Å². The predicted octanol–water partition coefficient (Wildman–Crippen LogP) is 2.89. The van der Waals surface area contributed by atoms with Gasteiger partial charge in [0.25, 0.3) is 0 Å². The molecule has 0 aromatic heterocycles. The highest BCUT2D eigenvalue weighted by molar-refractivity contribution is 5.91. The Kier molecular flexibility index (Phi) is 4.48. The topological polar surface area (TPSA) is 47.6 Å². The number of fused-ring (bicyclic) bond motifs is 1. The fourth-order valence-electron chi connectivity index (χ4n) is 2.31. The van der Waals surface area contributed by atoms with E-state index in [-0.39, 0.29) is 5.97 Å². The SMILES string of the molecule is COC(=O)C(C)(C)NCc1ccc(OC)c2ccccc12. The van der Waals surface area contributed by atoms with Crippen LogP contribution in [0.2, 0.25) is 0 Å². The van der Waals surface area contributed by atoms with E-state index in [4.69, 9.17) is 9.47 Å². The number of nitrogens with one attached hydrogen (secondary N) is 1. The molecule has 0 amide bonds. The summed E-state index contributed by atoms with van der Waals surface area (Å²) in [5, 5.41) is 5.42. The summed E-state index contributed by atoms with van der Waals surface area (Å²) in [4.78, 5) is 11.7. The summed E-state index contributed by atoms with van der Waals surface area (Å²) >= 11 is 0. The van der Waals surface area contributed by atoms with E-state index in [2.05, 4.69) is 11.4 Å². The molecule has 2 rings (SSSR count). The van der Waals surface area contributed by atoms with Crippen LogP contribution < -0.4 is 10.1 Å². The average molecular weight is 287 g/mol. The van der Waals surface area contributed by atoms with E-state index in [1.54, 1.807) is 7.11 Å². The second kappa shape index (κ2) is 6.14. The molecule has 0 saturated carbocycles. The van der Waals surface area contributed by atoms with Crippen LogP contribution in [0.25, 0.3) is 10.8 Å². The first-order valence-electron chi connectivity index (χ1n) is 6.87. The van der Waals surface area contributed by atoms with Gasteiger partial charge < -0.3 is 9.47 Å². The maximum absolute atomic E-state index is 11.7. The highest BCUT2D eigenvalue weighted by Gasteiger charge is 2.27. The number of ether oxygens (including phenoxy) is 2. The van der Waals surface area contributed by atoms with E-state index in [1.165, 1.54) is 7.11 Å². The lowest BCUT2D eigenvalue weighted by molar-refractivity contribution is -0.147. The van der Waals surface area contributed by atoms with Gasteiger partial charge in [-0.1, -0.05) is 30.3 Å². The quantitative estimate of drug-likeness (QED) is 0.859. The summed E-state index contributed by atoms with van der Waals surface area (Å²) in [5.41, 5.74) is 0.388. The Morgan fingerprint density at radius 2 is 1.76 bits per heavy atom. The van der Waals surface area contributed by atoms with Crippen molar-refractivity contribution in [2.45, 2.75) is 25.9 Å². The van der Waals surface area contributed by atoms with Gasteiger partial charge in [0.2, 0.25) is 0 Å². The van der Waals surface area contributed by atoms with Gasteiger partial charge in [0, 0.05) is 11.9 Å². The van der Waals surface area contributed by atoms with Crippen LogP contribution in [0, 0.1) is 0 Å². The second-order valence-corrected chi connectivity index (χ2v) is 5.44. The van der Waals surface area contributed by atoms with E-state index >= 15 is 0 Å². The lowest BCUT2D eigenvalue weighted by atomic mass is 10.0. The van der Waals surface area contributed by atoms with E-state index in [0.29, 0.717) is 6.54 Å². The molecule has 0 bridgehead atoms. The van der Waals surface area contributed by atoms with Crippen LogP contribution in [-0.4, -0.2) is 25.7 Å². The van der Waals surface area contributed by atoms with Crippen LogP contribution in [0.1, 0.15) is 19.4 Å². The predicted molar refractivity (Wildman–Crippen MR) is 83.4 cm³/mol. The molecule has 0 aliphatic carbocycles. The van der Waals surface area contributed by atoms with Crippen LogP contribution in [0.5, 0.6) is 5.75 Å². The Labute approximate surface area is 125 Å². The molecule has 112 valence electrons. The molecule has 4 heteroatoms. The Balaban J connectivity index is 2.30. The summed E-state index contributed by atoms with van der Waals surface area (Å²) in [5.74, 6) is 0.571. The monoisotopic (exact) mass is 287 g/mol. The smallest absolute Gasteiger partial charge is 0.325 e. The molecule has 0 aliphatic rings. The zero-order valence-corrected chi connectivity index (χ0v) is 12.9. The minimum Gasteiger partial charge on any atom is -0.496 e. The lowest BCUT2D eigenvalue weighted by Crippen LogP contribution is -2.46. The van der Waals surface area contributed by atoms with Crippen LogP contribution in [0.4, 0.5) is 0 Å². The fraction of sp³-hybridized carbons (Fsp3) is 0.353. The summed E-state index contributed by atoms with van der Waals surface area (Å²) in [6.45, 7) is 4.20. The molecule has 0 unspecified atom stereocenters. The molecule has 4 nitrogen and oxygen atoms in total. The minimum atomic E-state index is -0.726. The van der Waals surface area contributed by atoms with E-state index in [0.717, 1.165) is 22.1 Å². The zero-order valence-electron chi connectivity index (χ0n) is 12.9. The van der Waals surface area contributed by atoms with Crippen LogP contribution in [0.3, 0.4) is 0 Å². The third-order valence-corrected chi connectivity index (χ3v) is 3.61. The third kappa shape index (κ3) is 3.16. The number of benzene rings is 2. The number of rotatable bonds is 5. The summed E-state index contributed by atoms with van der Waals surface area (Å²) < 4.78 is 10.2. The number of methoxy groups -OCH3 is 2. The fourth-order valence-corrected chi connectivity index (χ4v) is 2.31. The number of carbonyl (C=O) groups is 1. The molecule has 2 aromatic rings. The van der Waals surface area contributed by atoms with Gasteiger partial charge in [-0.2, -0.15) is 0 Å². The molecule has 21 heavy (non-hydrogen) atoms. The largest absolute Gasteiger partial charge is 0.496 e. The van der Waals surface area contributed by atoms with Crippen LogP contribution in [-0.2, 0) is 16.1 Å². The van der Waals surface area contributed by atoms with Crippen LogP contribution in [0.15, 0.2) is 36.4 Å². The van der Waals surface area contributed by atoms with Gasteiger partial charge in [-0.3, -0.25) is 10.1 Å². The Morgan fingerprint density at radius 1 is 1.10 bits per heavy atom. The highest BCUT2D eigenvalue weighted by atomic mass is 16.5. The first-order chi connectivity index (χ1) is 9.99. The van der Waals surface area contributed by atoms with Crippen molar-refractivity contribution in [2.24, 2.45) is 0 Å². The minimum absolute atomic E-state index is 0.277. The van der Waals surface area contributed by atoms with Crippen molar-refractivity contribution < 1.29 is 14.3 Å². The average Bonchev–Trinajstić information content (AvgIpc) is 2.51. The number of carbonyl (C=O) groups excluding carboxylic acids is 1. The molecule has 0 radical (unpaired) electrons. The first kappa shape index (κ1) is 15.3. The summed E-state index contributed by atoms with van der Waals surface area (Å²) in [6, 6.07) is 12.0. The second-order valence-electron chi connectivity index (χ2n) is 5.44. The molecule has 1 N–H and O–H groups in total. The van der Waals surface area contributed by atoms with Crippen molar-refractivity contribution in [1.29, 1.82) is 0 Å². The molecule has 0 saturated heterocycles. The van der Waals surface area contributed by atoms with Gasteiger partial charge >= 0.3 is 5.97 Å². The number of esters is 1. The van der Waals surface area contributed by atoms with Gasteiger partial charge in [0.05, 0.1) is 14.2 Å². The van der Waals surface area contributed by atoms with Crippen molar-refractivity contribution in [3.8, 4) is 5.75 Å². The van der Waals surface area contributed by atoms with Gasteiger partial charge in [0.1, 0.15) is 11.3 Å². The van der Waals surface area contributed by atoms with Crippen molar-refractivity contribution in [1.82, 2.24) is 5.32 Å². The van der Waals surface area contributed by atoms with Crippen molar-refractivity contribution >= 4 is 16.7 Å². The number of hydrogen-bond acceptors (Lipinski definition) is 4. The molecule has 0 atom stereocenters. The lowest BCUT2D eigenvalue weighted by Gasteiger charge is -2.23. The summed E-state index contributed by atoms with van der Waals surface area (Å²) in [7, 11) is 3.06. The molecule has 0 heterocycles. The standard InChI is InChI=1S/C17H21NO3/c1-17(2,16(19)21-4)18-11-12-9-10-15(20-3)14-8-6-5-7-13(12)14/h5-10,18H,11H2,1-4H3. The van der Waals surface area contributed by atoms with E-state index in [9.17, 15) is 4.79 Å². The van der Waals surface area contributed by atoms with Crippen molar-refractivity contribution in [3.05, 3.63) is 42.0 Å². The molecular formula is C17H21NO3. The molecule has 0 fully saturated rings. The maximum atomic E-state index is 11.7. The molecule has 0 spiro atoms. The first-order valence-corrected chi connectivity index (χ1v) is 6.87. The zero-order chi connectivity index (χ0) is 15.5. The molecular weight excluding hydrogens is 266 g/mol. The van der Waals surface area contributed by atoms with Gasteiger partial charge in [-0.25, -0.2) is 0 Å². The Morgan fingerprint density at radius 3 is 2.38 bits per heavy atom. The third-order valence-electron chi connectivity index (χ3n) is 3.61. The van der Waals surface area contributed by atoms with Gasteiger partial charge in [0.15, 0.2) is 0 Å². The Hall–Kier alpha value is -2.07. The van der Waals surface area contributed by atoms with Crippen molar-refractivity contribution in [2.75, 3.05) is 14.2 Å². The normalized spacial score (nSPS) is 11.4. The van der Waals surface area contributed by atoms with Gasteiger partial charge in [-0.05, 0) is 30.9 Å². The molecule has 2 aromatic carbocycles. The Bertz CT molecular complexity index is 650. The van der Waals surface area contributed by atoms with Gasteiger partial charge in [-0.15, -0.1) is 0 Å². The highest BCUT2D eigenvalue weighted by Crippen LogP contribution is 2.28. The number of hydrogen-bond donors (Lipinski definition) is 1. The summed E-state index contributed by atoms with van der Waals surface area (Å²) in [6.07, 6.45) is 0. The molecule has 0 aliphatic heterocycles. The van der Waals surface area contributed by atoms with E-state index < -0.39 is 5.54 Å². The maximum Gasteiger partial charge on any atom is 0.325 e. The van der Waals surface area contributed by atoms with Crippen molar-refractivity contribution in [3.63, 3.8) is 0 Å².